The molecule has 0 spiro atoms. The highest BCUT2D eigenvalue weighted by Crippen LogP contribution is 2.24. The molecule has 4 rings (SSSR count). The Hall–Kier alpha value is -2.93. The maximum Gasteiger partial charge on any atom is 0.273 e. The number of carbonyl (C=O) groups excluding carboxylic acids is 1. The molecule has 0 radical (unpaired) electrons. The van der Waals surface area contributed by atoms with Crippen molar-refractivity contribution in [3.63, 3.8) is 0 Å². The van der Waals surface area contributed by atoms with Crippen molar-refractivity contribution in [2.75, 3.05) is 13.1 Å². The normalized spacial score (nSPS) is 16.0. The second-order valence-corrected chi connectivity index (χ2v) is 7.73. The molecule has 0 bridgehead atoms. The van der Waals surface area contributed by atoms with E-state index in [1.165, 1.54) is 23.5 Å². The lowest BCUT2D eigenvalue weighted by Crippen LogP contribution is -2.31. The van der Waals surface area contributed by atoms with E-state index in [0.717, 1.165) is 12.0 Å². The number of halogens is 1. The quantitative estimate of drug-likeness (QED) is 0.565. The molecule has 1 atom stereocenters. The lowest BCUT2D eigenvalue weighted by molar-refractivity contribution is -0.130. The minimum Gasteiger partial charge on any atom is -0.465 e. The molecule has 1 amide bonds. The maximum absolute atomic E-state index is 13.0. The zero-order chi connectivity index (χ0) is 20.1. The first-order valence-corrected chi connectivity index (χ1v) is 10.4. The molecule has 1 aliphatic rings. The summed E-state index contributed by atoms with van der Waals surface area (Å²) < 4.78 is 24.6. The molecule has 150 valence electrons. The molecule has 1 aromatic heterocycles. The molecular formula is C22H21FN2O3S. The van der Waals surface area contributed by atoms with Crippen LogP contribution in [0, 0.1) is 5.82 Å². The van der Waals surface area contributed by atoms with E-state index < -0.39 is 0 Å². The number of nitrogens with zero attached hydrogens (tertiary/aromatic N) is 2. The number of hydrogen-bond acceptors (Lipinski definition) is 5. The van der Waals surface area contributed by atoms with E-state index in [1.54, 1.807) is 18.3 Å². The second-order valence-electron chi connectivity index (χ2n) is 6.87. The number of ether oxygens (including phenoxy) is 2. The number of amides is 1. The van der Waals surface area contributed by atoms with E-state index >= 15 is 0 Å². The van der Waals surface area contributed by atoms with Gasteiger partial charge in [0.15, 0.2) is 0 Å². The zero-order valence-corrected chi connectivity index (χ0v) is 16.6. The van der Waals surface area contributed by atoms with E-state index in [9.17, 15) is 9.18 Å². The van der Waals surface area contributed by atoms with Gasteiger partial charge in [-0.3, -0.25) is 4.79 Å². The number of carbonyl (C=O) groups is 1. The Balaban J connectivity index is 1.27. The van der Waals surface area contributed by atoms with Crippen LogP contribution in [0.5, 0.6) is 16.7 Å². The van der Waals surface area contributed by atoms with Crippen molar-refractivity contribution in [3.05, 3.63) is 71.5 Å². The Morgan fingerprint density at radius 2 is 2.07 bits per heavy atom. The van der Waals surface area contributed by atoms with Crippen molar-refractivity contribution in [1.82, 2.24) is 9.88 Å². The summed E-state index contributed by atoms with van der Waals surface area (Å²) in [6.07, 6.45) is 3.62. The maximum atomic E-state index is 13.0. The molecule has 1 aliphatic heterocycles. The number of likely N-dealkylation sites (tertiary alicyclic amines) is 1. The summed E-state index contributed by atoms with van der Waals surface area (Å²) in [6.45, 7) is 1.31. The van der Waals surface area contributed by atoms with Crippen molar-refractivity contribution >= 4 is 17.2 Å². The Morgan fingerprint density at radius 3 is 2.86 bits per heavy atom. The largest absolute Gasteiger partial charge is 0.465 e. The molecule has 1 saturated heterocycles. The van der Waals surface area contributed by atoms with Crippen LogP contribution in [0.1, 0.15) is 18.4 Å². The van der Waals surface area contributed by atoms with Gasteiger partial charge in [-0.1, -0.05) is 23.5 Å². The topological polar surface area (TPSA) is 51.7 Å². The predicted molar refractivity (Wildman–Crippen MR) is 109 cm³/mol. The number of rotatable bonds is 7. The first-order chi connectivity index (χ1) is 14.2. The average Bonchev–Trinajstić information content (AvgIpc) is 3.41. The van der Waals surface area contributed by atoms with Gasteiger partial charge in [-0.2, -0.15) is 0 Å². The van der Waals surface area contributed by atoms with Crippen molar-refractivity contribution < 1.29 is 18.7 Å². The molecule has 2 aromatic carbocycles. The van der Waals surface area contributed by atoms with E-state index in [4.69, 9.17) is 9.47 Å². The van der Waals surface area contributed by atoms with Gasteiger partial charge in [-0.05, 0) is 48.4 Å². The van der Waals surface area contributed by atoms with Crippen LogP contribution in [0.4, 0.5) is 4.39 Å². The van der Waals surface area contributed by atoms with Crippen LogP contribution < -0.4 is 9.47 Å². The van der Waals surface area contributed by atoms with E-state index in [-0.39, 0.29) is 17.8 Å². The molecule has 5 nitrogen and oxygen atoms in total. The Morgan fingerprint density at radius 1 is 1.21 bits per heavy atom. The SMILES string of the molecule is O=C(CCc1cccc(Oc2ccc(F)cc2)c1)N1CCC(Oc2nccs2)C1. The molecule has 29 heavy (non-hydrogen) atoms. The summed E-state index contributed by atoms with van der Waals surface area (Å²) in [5.41, 5.74) is 1.02. The number of benzene rings is 2. The van der Waals surface area contributed by atoms with E-state index in [1.807, 2.05) is 34.5 Å². The molecule has 1 fully saturated rings. The van der Waals surface area contributed by atoms with Gasteiger partial charge >= 0.3 is 0 Å². The Labute approximate surface area is 172 Å². The predicted octanol–water partition coefficient (Wildman–Crippen LogP) is 4.69. The highest BCUT2D eigenvalue weighted by atomic mass is 32.1. The van der Waals surface area contributed by atoms with Gasteiger partial charge in [0.2, 0.25) is 5.91 Å². The molecule has 0 saturated carbocycles. The highest BCUT2D eigenvalue weighted by molar-refractivity contribution is 7.11. The van der Waals surface area contributed by atoms with Gasteiger partial charge in [-0.25, -0.2) is 9.37 Å². The van der Waals surface area contributed by atoms with Crippen LogP contribution in [0.15, 0.2) is 60.1 Å². The zero-order valence-electron chi connectivity index (χ0n) is 15.8. The number of aromatic nitrogens is 1. The van der Waals surface area contributed by atoms with Crippen molar-refractivity contribution in [1.29, 1.82) is 0 Å². The third kappa shape index (κ3) is 5.32. The van der Waals surface area contributed by atoms with Crippen LogP contribution in [-0.4, -0.2) is 35.0 Å². The summed E-state index contributed by atoms with van der Waals surface area (Å²) >= 11 is 1.46. The van der Waals surface area contributed by atoms with Crippen molar-refractivity contribution in [2.45, 2.75) is 25.4 Å². The van der Waals surface area contributed by atoms with E-state index in [2.05, 4.69) is 4.98 Å². The Kier molecular flexibility index (Phi) is 6.05. The average molecular weight is 412 g/mol. The molecule has 1 unspecified atom stereocenters. The lowest BCUT2D eigenvalue weighted by atomic mass is 10.1. The van der Waals surface area contributed by atoms with Crippen LogP contribution >= 0.6 is 11.3 Å². The standard InChI is InChI=1S/C22H21FN2O3S/c23-17-5-7-18(8-6-17)27-19-3-1-2-16(14-19)4-9-21(26)25-12-10-20(15-25)28-22-24-11-13-29-22/h1-3,5-8,11,13-14,20H,4,9-10,12,15H2. The Bertz CT molecular complexity index is 947. The molecule has 3 aromatic rings. The summed E-state index contributed by atoms with van der Waals surface area (Å²) in [7, 11) is 0. The molecule has 0 aliphatic carbocycles. The number of hydrogen-bond donors (Lipinski definition) is 0. The summed E-state index contributed by atoms with van der Waals surface area (Å²) in [5.74, 6) is 1.06. The third-order valence-electron chi connectivity index (χ3n) is 4.75. The minimum absolute atomic E-state index is 0.0116. The van der Waals surface area contributed by atoms with Gasteiger partial charge < -0.3 is 14.4 Å². The fourth-order valence-electron chi connectivity index (χ4n) is 3.27. The van der Waals surface area contributed by atoms with Gasteiger partial charge in [0.05, 0.1) is 6.54 Å². The lowest BCUT2D eigenvalue weighted by Gasteiger charge is -2.16. The van der Waals surface area contributed by atoms with Crippen LogP contribution in [0.2, 0.25) is 0 Å². The minimum atomic E-state index is -0.300. The molecule has 7 heteroatoms. The first kappa shape index (κ1) is 19.4. The van der Waals surface area contributed by atoms with Gasteiger partial charge in [0.1, 0.15) is 23.4 Å². The summed E-state index contributed by atoms with van der Waals surface area (Å²) in [6, 6.07) is 13.5. The van der Waals surface area contributed by atoms with E-state index in [0.29, 0.717) is 42.6 Å². The van der Waals surface area contributed by atoms with Gasteiger partial charge in [0, 0.05) is 31.0 Å². The molecule has 2 heterocycles. The number of thiazole rings is 1. The summed E-state index contributed by atoms with van der Waals surface area (Å²) in [5, 5.41) is 2.53. The third-order valence-corrected chi connectivity index (χ3v) is 5.41. The fraction of sp³-hybridized carbons (Fsp3) is 0.273. The first-order valence-electron chi connectivity index (χ1n) is 9.52. The monoisotopic (exact) mass is 412 g/mol. The molecular weight excluding hydrogens is 391 g/mol. The fourth-order valence-corrected chi connectivity index (χ4v) is 3.83. The van der Waals surface area contributed by atoms with Crippen LogP contribution in [0.25, 0.3) is 0 Å². The summed E-state index contributed by atoms with van der Waals surface area (Å²) in [4.78, 5) is 18.6. The van der Waals surface area contributed by atoms with Crippen molar-refractivity contribution in [3.8, 4) is 16.7 Å². The smallest absolute Gasteiger partial charge is 0.273 e. The van der Waals surface area contributed by atoms with Crippen LogP contribution in [0.3, 0.4) is 0 Å². The second kappa shape index (κ2) is 9.05. The van der Waals surface area contributed by atoms with Gasteiger partial charge in [-0.15, -0.1) is 0 Å². The number of aryl methyl sites for hydroxylation is 1. The van der Waals surface area contributed by atoms with Crippen molar-refractivity contribution in [2.24, 2.45) is 0 Å². The van der Waals surface area contributed by atoms with Gasteiger partial charge in [0.25, 0.3) is 5.19 Å². The van der Waals surface area contributed by atoms with Crippen LogP contribution in [-0.2, 0) is 11.2 Å². The highest BCUT2D eigenvalue weighted by Gasteiger charge is 2.27. The molecule has 0 N–H and O–H groups in total.